The fraction of sp³-hybridized carbons (Fsp3) is 0.0833. The molecule has 0 saturated carbocycles. The van der Waals surface area contributed by atoms with Crippen LogP contribution in [0.5, 0.6) is 0 Å². The lowest BCUT2D eigenvalue weighted by Crippen LogP contribution is -2.21. The maximum atomic E-state index is 11.8. The van der Waals surface area contributed by atoms with Gasteiger partial charge in [0, 0.05) is 22.2 Å². The van der Waals surface area contributed by atoms with Crippen molar-refractivity contribution in [3.8, 4) is 11.4 Å². The summed E-state index contributed by atoms with van der Waals surface area (Å²) in [6, 6.07) is 4.08. The van der Waals surface area contributed by atoms with Crippen LogP contribution in [0.3, 0.4) is 0 Å². The number of aromatic carboxylic acids is 1. The number of halogens is 1. The quantitative estimate of drug-likeness (QED) is 0.642. The minimum Gasteiger partial charge on any atom is -0.477 e. The molecule has 0 fully saturated rings. The zero-order valence-electron chi connectivity index (χ0n) is 10.6. The van der Waals surface area contributed by atoms with E-state index in [1.165, 1.54) is 25.1 Å². The average molecular weight is 354 g/mol. The molecule has 2 aromatic rings. The number of rotatable bonds is 3. The first-order valence-corrected chi connectivity index (χ1v) is 6.38. The summed E-state index contributed by atoms with van der Waals surface area (Å²) in [4.78, 5) is 39.2. The summed E-state index contributed by atoms with van der Waals surface area (Å²) in [7, 11) is 0. The maximum absolute atomic E-state index is 11.8. The summed E-state index contributed by atoms with van der Waals surface area (Å²) < 4.78 is 0.439. The molecule has 8 nitrogen and oxygen atoms in total. The Morgan fingerprint density at radius 3 is 2.62 bits per heavy atom. The van der Waals surface area contributed by atoms with Crippen molar-refractivity contribution >= 4 is 27.6 Å². The number of carbonyl (C=O) groups is 1. The molecule has 21 heavy (non-hydrogen) atoms. The normalized spacial score (nSPS) is 10.4. The van der Waals surface area contributed by atoms with Crippen molar-refractivity contribution in [3.63, 3.8) is 0 Å². The van der Waals surface area contributed by atoms with E-state index in [1.54, 1.807) is 0 Å². The second-order valence-corrected chi connectivity index (χ2v) is 5.05. The van der Waals surface area contributed by atoms with E-state index in [0.29, 0.717) is 10.0 Å². The number of aromatic nitrogens is 2. The number of nitrogens with zero attached hydrogens (tertiary/aromatic N) is 2. The van der Waals surface area contributed by atoms with Crippen molar-refractivity contribution in [1.82, 2.24) is 9.97 Å². The Bertz CT molecular complexity index is 815. The Morgan fingerprint density at radius 1 is 1.43 bits per heavy atom. The predicted octanol–water partition coefficient (Wildman–Crippen LogP) is 2.11. The van der Waals surface area contributed by atoms with Crippen molar-refractivity contribution in [2.75, 3.05) is 0 Å². The number of nitro groups is 1. The molecule has 1 heterocycles. The first-order valence-electron chi connectivity index (χ1n) is 5.59. The van der Waals surface area contributed by atoms with Crippen LogP contribution in [0.15, 0.2) is 27.5 Å². The first-order chi connectivity index (χ1) is 9.79. The van der Waals surface area contributed by atoms with Crippen molar-refractivity contribution in [1.29, 1.82) is 0 Å². The number of hydrogen-bond acceptors (Lipinski definition) is 5. The van der Waals surface area contributed by atoms with Crippen LogP contribution in [0, 0.1) is 17.0 Å². The lowest BCUT2D eigenvalue weighted by Gasteiger charge is -2.05. The zero-order chi connectivity index (χ0) is 15.7. The number of hydrogen-bond donors (Lipinski definition) is 2. The standard InChI is InChI=1S/C12H8BrN3O5/c1-5-9(12(18)19)11(17)15-10(14-5)6-2-7(13)4-8(3-6)16(20)21/h2-4H,1H3,(H,18,19)(H,14,15,17). The van der Waals surface area contributed by atoms with Gasteiger partial charge in [-0.15, -0.1) is 0 Å². The van der Waals surface area contributed by atoms with E-state index in [9.17, 15) is 19.7 Å². The SMILES string of the molecule is Cc1nc(-c2cc(Br)cc([N+](=O)[O-])c2)[nH]c(=O)c1C(=O)O. The Hall–Kier alpha value is -2.55. The van der Waals surface area contributed by atoms with E-state index in [2.05, 4.69) is 25.9 Å². The molecule has 0 atom stereocenters. The highest BCUT2D eigenvalue weighted by molar-refractivity contribution is 9.10. The summed E-state index contributed by atoms with van der Waals surface area (Å²) in [6.45, 7) is 1.38. The number of aryl methyl sites for hydroxylation is 1. The average Bonchev–Trinajstić information content (AvgIpc) is 2.36. The van der Waals surface area contributed by atoms with E-state index in [4.69, 9.17) is 5.11 Å². The summed E-state index contributed by atoms with van der Waals surface area (Å²) >= 11 is 3.13. The second-order valence-electron chi connectivity index (χ2n) is 4.14. The minimum atomic E-state index is -1.38. The topological polar surface area (TPSA) is 126 Å². The monoisotopic (exact) mass is 353 g/mol. The van der Waals surface area contributed by atoms with Gasteiger partial charge in [-0.1, -0.05) is 15.9 Å². The largest absolute Gasteiger partial charge is 0.477 e. The highest BCUT2D eigenvalue weighted by Crippen LogP contribution is 2.26. The molecule has 2 N–H and O–H groups in total. The summed E-state index contributed by atoms with van der Waals surface area (Å²) in [5, 5.41) is 19.7. The van der Waals surface area contributed by atoms with Gasteiger partial charge in [0.05, 0.1) is 10.6 Å². The van der Waals surface area contributed by atoms with Crippen molar-refractivity contribution in [2.24, 2.45) is 0 Å². The molecule has 0 radical (unpaired) electrons. The summed E-state index contributed by atoms with van der Waals surface area (Å²) in [5.41, 5.74) is -1.12. The lowest BCUT2D eigenvalue weighted by atomic mass is 10.1. The highest BCUT2D eigenvalue weighted by Gasteiger charge is 2.17. The maximum Gasteiger partial charge on any atom is 0.343 e. The molecule has 108 valence electrons. The van der Waals surface area contributed by atoms with Crippen LogP contribution in [0.1, 0.15) is 16.1 Å². The van der Waals surface area contributed by atoms with Crippen LogP contribution < -0.4 is 5.56 Å². The van der Waals surface area contributed by atoms with Crippen LogP contribution in [0.2, 0.25) is 0 Å². The van der Waals surface area contributed by atoms with E-state index in [-0.39, 0.29) is 17.2 Å². The number of aromatic amines is 1. The summed E-state index contributed by atoms with van der Waals surface area (Å²) in [5.74, 6) is -1.32. The molecule has 1 aromatic heterocycles. The predicted molar refractivity (Wildman–Crippen MR) is 76.3 cm³/mol. The van der Waals surface area contributed by atoms with Crippen molar-refractivity contribution < 1.29 is 14.8 Å². The second kappa shape index (κ2) is 5.44. The van der Waals surface area contributed by atoms with E-state index >= 15 is 0 Å². The number of carboxylic acid groups (broad SMARTS) is 1. The third kappa shape index (κ3) is 2.97. The molecule has 0 saturated heterocycles. The third-order valence-corrected chi connectivity index (χ3v) is 3.14. The van der Waals surface area contributed by atoms with E-state index in [1.807, 2.05) is 0 Å². The van der Waals surface area contributed by atoms with Gasteiger partial charge in [-0.25, -0.2) is 9.78 Å². The van der Waals surface area contributed by atoms with Crippen LogP contribution in [0.4, 0.5) is 5.69 Å². The molecular formula is C12H8BrN3O5. The van der Waals surface area contributed by atoms with Crippen molar-refractivity contribution in [3.05, 3.63) is 54.4 Å². The Labute approximate surface area is 125 Å². The molecule has 9 heteroatoms. The molecule has 0 aliphatic heterocycles. The first kappa shape index (κ1) is 14.9. The molecule has 0 aliphatic carbocycles. The Kier molecular flexibility index (Phi) is 3.85. The van der Waals surface area contributed by atoms with Crippen LogP contribution in [0.25, 0.3) is 11.4 Å². The number of H-pyrrole nitrogens is 1. The fourth-order valence-corrected chi connectivity index (χ4v) is 2.27. The van der Waals surface area contributed by atoms with Gasteiger partial charge in [0.2, 0.25) is 0 Å². The molecule has 0 unspecified atom stereocenters. The molecular weight excluding hydrogens is 346 g/mol. The van der Waals surface area contributed by atoms with Crippen LogP contribution >= 0.6 is 15.9 Å². The van der Waals surface area contributed by atoms with Gasteiger partial charge in [0.25, 0.3) is 11.2 Å². The Morgan fingerprint density at radius 2 is 2.10 bits per heavy atom. The third-order valence-electron chi connectivity index (χ3n) is 2.68. The van der Waals surface area contributed by atoms with Gasteiger partial charge in [-0.05, 0) is 13.0 Å². The van der Waals surface area contributed by atoms with E-state index < -0.39 is 22.0 Å². The lowest BCUT2D eigenvalue weighted by molar-refractivity contribution is -0.384. The molecule has 1 aromatic carbocycles. The van der Waals surface area contributed by atoms with Crippen LogP contribution in [-0.2, 0) is 0 Å². The molecule has 0 spiro atoms. The van der Waals surface area contributed by atoms with Gasteiger partial charge < -0.3 is 10.1 Å². The van der Waals surface area contributed by atoms with Crippen LogP contribution in [-0.4, -0.2) is 26.0 Å². The summed E-state index contributed by atoms with van der Waals surface area (Å²) in [6.07, 6.45) is 0. The smallest absolute Gasteiger partial charge is 0.343 e. The number of carboxylic acids is 1. The van der Waals surface area contributed by atoms with Gasteiger partial charge in [-0.2, -0.15) is 0 Å². The number of nitro benzene ring substituents is 1. The van der Waals surface area contributed by atoms with Gasteiger partial charge in [-0.3, -0.25) is 14.9 Å². The molecule has 2 rings (SSSR count). The molecule has 0 amide bonds. The van der Waals surface area contributed by atoms with E-state index in [0.717, 1.165) is 0 Å². The number of benzene rings is 1. The highest BCUT2D eigenvalue weighted by atomic mass is 79.9. The van der Waals surface area contributed by atoms with Crippen molar-refractivity contribution in [2.45, 2.75) is 6.92 Å². The Balaban J connectivity index is 2.66. The zero-order valence-corrected chi connectivity index (χ0v) is 12.2. The van der Waals surface area contributed by atoms with Gasteiger partial charge >= 0.3 is 5.97 Å². The number of nitrogens with one attached hydrogen (secondary N) is 1. The molecule has 0 aliphatic rings. The number of non-ortho nitro benzene ring substituents is 1. The van der Waals surface area contributed by atoms with Gasteiger partial charge in [0.1, 0.15) is 11.4 Å². The molecule has 0 bridgehead atoms. The fourth-order valence-electron chi connectivity index (χ4n) is 1.79. The minimum absolute atomic E-state index is 0.0314. The van der Waals surface area contributed by atoms with Gasteiger partial charge in [0.15, 0.2) is 0 Å².